The first-order valence-electron chi connectivity index (χ1n) is 9.12. The first-order valence-corrected chi connectivity index (χ1v) is 12.0. The van der Waals surface area contributed by atoms with Gasteiger partial charge in [-0.15, -0.1) is 11.3 Å². The predicted octanol–water partition coefficient (Wildman–Crippen LogP) is 5.53. The fourth-order valence-corrected chi connectivity index (χ4v) is 4.59. The smallest absolute Gasteiger partial charge is 0.245 e. The highest BCUT2D eigenvalue weighted by Crippen LogP contribution is 2.36. The third kappa shape index (κ3) is 4.17. The van der Waals surface area contributed by atoms with Crippen LogP contribution in [0.2, 0.25) is 0 Å². The van der Waals surface area contributed by atoms with Crippen LogP contribution in [-0.4, -0.2) is 29.4 Å². The molecule has 0 saturated heterocycles. The minimum Gasteiger partial charge on any atom is -0.245 e. The van der Waals surface area contributed by atoms with Crippen molar-refractivity contribution in [1.29, 1.82) is 0 Å². The van der Waals surface area contributed by atoms with Crippen molar-refractivity contribution in [1.82, 2.24) is 14.8 Å². The zero-order valence-corrected chi connectivity index (χ0v) is 18.3. The highest BCUT2D eigenvalue weighted by Gasteiger charge is 2.35. The molecule has 2 heterocycles. The Hall–Kier alpha value is -3.05. The van der Waals surface area contributed by atoms with Gasteiger partial charge in [-0.1, -0.05) is 12.1 Å². The SMILES string of the molecule is Cc1cc(-c2cscn2)ccc1-c1cc(C(F)(F)F)nn1-c1ccc(S(C)(=O)=O)c(F)c1. The lowest BCUT2D eigenvalue weighted by Crippen LogP contribution is -2.08. The third-order valence-corrected chi connectivity index (χ3v) is 6.51. The molecular formula is C21H15F4N3O2S2. The van der Waals surface area contributed by atoms with Crippen molar-refractivity contribution in [2.75, 3.05) is 6.26 Å². The molecule has 0 amide bonds. The molecule has 0 aliphatic heterocycles. The fraction of sp³-hybridized carbons (Fsp3) is 0.143. The summed E-state index contributed by atoms with van der Waals surface area (Å²) in [6.45, 7) is 1.74. The normalized spacial score (nSPS) is 12.3. The molecule has 0 aliphatic rings. The maximum absolute atomic E-state index is 14.4. The number of aryl methyl sites for hydroxylation is 1. The van der Waals surface area contributed by atoms with Crippen molar-refractivity contribution in [3.05, 3.63) is 70.4 Å². The summed E-state index contributed by atoms with van der Waals surface area (Å²) in [5, 5.41) is 5.49. The second-order valence-electron chi connectivity index (χ2n) is 7.11. The molecule has 32 heavy (non-hydrogen) atoms. The Kier molecular flexibility index (Phi) is 5.41. The van der Waals surface area contributed by atoms with E-state index in [1.807, 2.05) is 5.38 Å². The molecule has 0 bridgehead atoms. The number of benzene rings is 2. The standard InChI is InChI=1S/C21H15F4N3O2S2/c1-12-7-13(17-10-31-11-26-17)3-5-15(12)18-9-20(21(23,24)25)27-28(18)14-4-6-19(16(22)8-14)32(2,29)30/h3-11H,1-2H3. The summed E-state index contributed by atoms with van der Waals surface area (Å²) in [6, 6.07) is 9.14. The topological polar surface area (TPSA) is 64.8 Å². The van der Waals surface area contributed by atoms with E-state index in [-0.39, 0.29) is 11.4 Å². The minimum atomic E-state index is -4.72. The number of nitrogens with zero attached hydrogens (tertiary/aromatic N) is 3. The number of alkyl halides is 3. The van der Waals surface area contributed by atoms with Gasteiger partial charge < -0.3 is 0 Å². The van der Waals surface area contributed by atoms with Crippen LogP contribution in [0.1, 0.15) is 11.3 Å². The van der Waals surface area contributed by atoms with E-state index < -0.39 is 32.4 Å². The van der Waals surface area contributed by atoms with Gasteiger partial charge in [0.05, 0.1) is 22.6 Å². The molecule has 4 rings (SSSR count). The van der Waals surface area contributed by atoms with Gasteiger partial charge in [-0.25, -0.2) is 22.5 Å². The quantitative estimate of drug-likeness (QED) is 0.360. The number of aromatic nitrogens is 3. The molecule has 0 saturated carbocycles. The van der Waals surface area contributed by atoms with Gasteiger partial charge in [0.25, 0.3) is 0 Å². The molecule has 0 unspecified atom stereocenters. The van der Waals surface area contributed by atoms with Crippen LogP contribution >= 0.6 is 11.3 Å². The van der Waals surface area contributed by atoms with E-state index in [9.17, 15) is 26.0 Å². The molecule has 2 aromatic heterocycles. The summed E-state index contributed by atoms with van der Waals surface area (Å²) in [5.41, 5.74) is 3.25. The first-order chi connectivity index (χ1) is 14.9. The molecule has 0 spiro atoms. The lowest BCUT2D eigenvalue weighted by molar-refractivity contribution is -0.141. The monoisotopic (exact) mass is 481 g/mol. The molecule has 2 aromatic carbocycles. The Morgan fingerprint density at radius 1 is 1.06 bits per heavy atom. The zero-order chi connectivity index (χ0) is 23.3. The molecule has 4 aromatic rings. The maximum Gasteiger partial charge on any atom is 0.435 e. The summed E-state index contributed by atoms with van der Waals surface area (Å²) >= 11 is 1.42. The number of halogens is 4. The van der Waals surface area contributed by atoms with Crippen LogP contribution in [0.25, 0.3) is 28.2 Å². The van der Waals surface area contributed by atoms with Crippen LogP contribution in [0, 0.1) is 12.7 Å². The van der Waals surface area contributed by atoms with Crippen molar-refractivity contribution in [3.63, 3.8) is 0 Å². The maximum atomic E-state index is 14.4. The molecule has 166 valence electrons. The lowest BCUT2D eigenvalue weighted by Gasteiger charge is -2.12. The highest BCUT2D eigenvalue weighted by atomic mass is 32.2. The summed E-state index contributed by atoms with van der Waals surface area (Å²) in [4.78, 5) is 3.68. The van der Waals surface area contributed by atoms with Gasteiger partial charge >= 0.3 is 6.18 Å². The first kappa shape index (κ1) is 22.2. The lowest BCUT2D eigenvalue weighted by atomic mass is 10.0. The summed E-state index contributed by atoms with van der Waals surface area (Å²) < 4.78 is 79.1. The Morgan fingerprint density at radius 2 is 1.81 bits per heavy atom. The predicted molar refractivity (Wildman–Crippen MR) is 113 cm³/mol. The van der Waals surface area contributed by atoms with Crippen molar-refractivity contribution < 1.29 is 26.0 Å². The van der Waals surface area contributed by atoms with Crippen LogP contribution < -0.4 is 0 Å². The van der Waals surface area contributed by atoms with E-state index in [1.165, 1.54) is 17.4 Å². The van der Waals surface area contributed by atoms with Gasteiger partial charge in [-0.2, -0.15) is 18.3 Å². The van der Waals surface area contributed by atoms with E-state index in [0.717, 1.165) is 40.4 Å². The number of hydrogen-bond donors (Lipinski definition) is 0. The number of hydrogen-bond acceptors (Lipinski definition) is 5. The van der Waals surface area contributed by atoms with Crippen molar-refractivity contribution in [2.24, 2.45) is 0 Å². The van der Waals surface area contributed by atoms with Gasteiger partial charge in [0, 0.05) is 28.8 Å². The van der Waals surface area contributed by atoms with Gasteiger partial charge in [-0.05, 0) is 36.8 Å². The minimum absolute atomic E-state index is 0.0385. The average molecular weight is 481 g/mol. The van der Waals surface area contributed by atoms with Gasteiger partial charge in [0.1, 0.15) is 10.7 Å². The molecule has 0 aliphatic carbocycles. The molecule has 0 N–H and O–H groups in total. The zero-order valence-electron chi connectivity index (χ0n) is 16.7. The summed E-state index contributed by atoms with van der Waals surface area (Å²) in [6.07, 6.45) is -3.88. The molecular weight excluding hydrogens is 466 g/mol. The Morgan fingerprint density at radius 3 is 2.38 bits per heavy atom. The van der Waals surface area contributed by atoms with Crippen LogP contribution in [0.4, 0.5) is 17.6 Å². The molecule has 5 nitrogen and oxygen atoms in total. The molecule has 0 atom stereocenters. The summed E-state index contributed by atoms with van der Waals surface area (Å²) in [7, 11) is -3.84. The van der Waals surface area contributed by atoms with Crippen molar-refractivity contribution >= 4 is 21.2 Å². The van der Waals surface area contributed by atoms with Crippen molar-refractivity contribution in [2.45, 2.75) is 18.0 Å². The van der Waals surface area contributed by atoms with Gasteiger partial charge in [-0.3, -0.25) is 0 Å². The molecule has 0 radical (unpaired) electrons. The average Bonchev–Trinajstić information content (AvgIpc) is 3.37. The van der Waals surface area contributed by atoms with Crippen LogP contribution in [-0.2, 0) is 16.0 Å². The van der Waals surface area contributed by atoms with Crippen LogP contribution in [0.15, 0.2) is 58.3 Å². The summed E-state index contributed by atoms with van der Waals surface area (Å²) in [5.74, 6) is -1.07. The Labute approximate surface area is 184 Å². The third-order valence-electron chi connectivity index (χ3n) is 4.79. The van der Waals surface area contributed by atoms with E-state index in [1.54, 1.807) is 30.6 Å². The van der Waals surface area contributed by atoms with Gasteiger partial charge in [0.2, 0.25) is 0 Å². The largest absolute Gasteiger partial charge is 0.435 e. The number of thiazole rings is 1. The van der Waals surface area contributed by atoms with E-state index in [0.29, 0.717) is 11.1 Å². The second kappa shape index (κ2) is 7.82. The van der Waals surface area contributed by atoms with Gasteiger partial charge in [0.15, 0.2) is 15.5 Å². The Bertz CT molecular complexity index is 1410. The molecule has 11 heteroatoms. The number of sulfone groups is 1. The second-order valence-corrected chi connectivity index (χ2v) is 9.82. The van der Waals surface area contributed by atoms with Crippen LogP contribution in [0.5, 0.6) is 0 Å². The van der Waals surface area contributed by atoms with E-state index >= 15 is 0 Å². The number of rotatable bonds is 4. The Balaban J connectivity index is 1.89. The van der Waals surface area contributed by atoms with E-state index in [2.05, 4.69) is 10.1 Å². The highest BCUT2D eigenvalue weighted by molar-refractivity contribution is 7.90. The van der Waals surface area contributed by atoms with Crippen molar-refractivity contribution in [3.8, 4) is 28.2 Å². The van der Waals surface area contributed by atoms with E-state index in [4.69, 9.17) is 0 Å². The fourth-order valence-electron chi connectivity index (χ4n) is 3.30. The molecule has 0 fully saturated rings. The van der Waals surface area contributed by atoms with Crippen LogP contribution in [0.3, 0.4) is 0 Å².